The number of carbonyl (C=O) groups is 2. The summed E-state index contributed by atoms with van der Waals surface area (Å²) in [5.41, 5.74) is 3.35. The second-order valence-electron chi connectivity index (χ2n) is 6.98. The Morgan fingerprint density at radius 2 is 1.61 bits per heavy atom. The van der Waals surface area contributed by atoms with Gasteiger partial charge in [-0.3, -0.25) is 9.59 Å². The molecule has 0 bridgehead atoms. The molecule has 0 saturated carbocycles. The van der Waals surface area contributed by atoms with Crippen LogP contribution in [0.15, 0.2) is 42.5 Å². The number of hydrogen-bond donors (Lipinski definition) is 1. The van der Waals surface area contributed by atoms with Gasteiger partial charge >= 0.3 is 0 Å². The molecule has 5 heteroatoms. The van der Waals surface area contributed by atoms with E-state index >= 15 is 0 Å². The second kappa shape index (κ2) is 10.5. The Balaban J connectivity index is 1.93. The molecule has 0 saturated heterocycles. The number of amides is 2. The highest BCUT2D eigenvalue weighted by Crippen LogP contribution is 2.19. The highest BCUT2D eigenvalue weighted by molar-refractivity contribution is 5.96. The van der Waals surface area contributed by atoms with Gasteiger partial charge in [-0.1, -0.05) is 26.0 Å². The van der Waals surface area contributed by atoms with E-state index in [1.807, 2.05) is 36.9 Å². The minimum atomic E-state index is -0.237. The van der Waals surface area contributed by atoms with E-state index < -0.39 is 0 Å². The summed E-state index contributed by atoms with van der Waals surface area (Å²) < 4.78 is 5.63. The van der Waals surface area contributed by atoms with Crippen molar-refractivity contribution in [2.24, 2.45) is 0 Å². The van der Waals surface area contributed by atoms with E-state index in [9.17, 15) is 9.59 Å². The number of nitrogens with one attached hydrogen (secondary N) is 1. The lowest BCUT2D eigenvalue weighted by Crippen LogP contribution is -2.32. The maximum Gasteiger partial charge on any atom is 0.262 e. The Kier molecular flexibility index (Phi) is 8.05. The smallest absolute Gasteiger partial charge is 0.262 e. The quantitative estimate of drug-likeness (QED) is 0.690. The van der Waals surface area contributed by atoms with E-state index in [1.165, 1.54) is 0 Å². The van der Waals surface area contributed by atoms with Crippen molar-refractivity contribution in [2.75, 3.05) is 25.0 Å². The molecule has 0 aromatic heterocycles. The zero-order valence-electron chi connectivity index (χ0n) is 17.2. The molecule has 28 heavy (non-hydrogen) atoms. The van der Waals surface area contributed by atoms with Gasteiger partial charge in [0.25, 0.3) is 11.8 Å². The largest absolute Gasteiger partial charge is 0.483 e. The zero-order valence-corrected chi connectivity index (χ0v) is 17.2. The molecule has 0 radical (unpaired) electrons. The zero-order chi connectivity index (χ0) is 20.5. The van der Waals surface area contributed by atoms with Crippen LogP contribution in [-0.2, 0) is 4.79 Å². The van der Waals surface area contributed by atoms with E-state index in [0.29, 0.717) is 17.0 Å². The molecule has 2 aromatic rings. The van der Waals surface area contributed by atoms with Crippen LogP contribution in [0, 0.1) is 13.8 Å². The molecule has 2 amide bonds. The maximum absolute atomic E-state index is 12.6. The first-order chi connectivity index (χ1) is 13.4. The lowest BCUT2D eigenvalue weighted by atomic mass is 10.1. The number of ether oxygens (including phenoxy) is 1. The number of aryl methyl sites for hydroxylation is 2. The van der Waals surface area contributed by atoms with E-state index in [2.05, 4.69) is 19.2 Å². The van der Waals surface area contributed by atoms with Gasteiger partial charge in [0.1, 0.15) is 5.75 Å². The molecule has 0 heterocycles. The summed E-state index contributed by atoms with van der Waals surface area (Å²) in [6.45, 7) is 9.50. The van der Waals surface area contributed by atoms with Crippen LogP contribution in [0.2, 0.25) is 0 Å². The van der Waals surface area contributed by atoms with Gasteiger partial charge < -0.3 is 15.0 Å². The molecule has 0 aliphatic heterocycles. The Morgan fingerprint density at radius 3 is 2.21 bits per heavy atom. The molecule has 2 aromatic carbocycles. The van der Waals surface area contributed by atoms with Crippen LogP contribution in [0.3, 0.4) is 0 Å². The van der Waals surface area contributed by atoms with Crippen LogP contribution >= 0.6 is 0 Å². The number of carbonyl (C=O) groups excluding carboxylic acids is 2. The van der Waals surface area contributed by atoms with Gasteiger partial charge in [-0.2, -0.15) is 0 Å². The monoisotopic (exact) mass is 382 g/mol. The van der Waals surface area contributed by atoms with E-state index in [-0.39, 0.29) is 18.4 Å². The van der Waals surface area contributed by atoms with Gasteiger partial charge in [0, 0.05) is 24.3 Å². The fraction of sp³-hybridized carbons (Fsp3) is 0.391. The molecule has 1 N–H and O–H groups in total. The lowest BCUT2D eigenvalue weighted by molar-refractivity contribution is -0.118. The van der Waals surface area contributed by atoms with Crippen molar-refractivity contribution in [3.05, 3.63) is 59.2 Å². The maximum atomic E-state index is 12.6. The number of rotatable bonds is 9. The summed E-state index contributed by atoms with van der Waals surface area (Å²) in [5, 5.41) is 2.80. The van der Waals surface area contributed by atoms with Gasteiger partial charge in [-0.05, 0) is 68.1 Å². The van der Waals surface area contributed by atoms with Crippen molar-refractivity contribution < 1.29 is 14.3 Å². The van der Waals surface area contributed by atoms with Crippen molar-refractivity contribution in [3.63, 3.8) is 0 Å². The average Bonchev–Trinajstić information content (AvgIpc) is 2.68. The van der Waals surface area contributed by atoms with E-state index in [0.717, 1.165) is 37.1 Å². The topological polar surface area (TPSA) is 58.6 Å². The first-order valence-corrected chi connectivity index (χ1v) is 9.83. The molecular formula is C23H30N2O3. The first kappa shape index (κ1) is 21.5. The van der Waals surface area contributed by atoms with Crippen molar-refractivity contribution in [3.8, 4) is 5.75 Å². The summed E-state index contributed by atoms with van der Waals surface area (Å²) in [4.78, 5) is 26.6. The molecule has 150 valence electrons. The fourth-order valence-electron chi connectivity index (χ4n) is 2.94. The third kappa shape index (κ3) is 6.12. The molecule has 5 nitrogen and oxygen atoms in total. The predicted octanol–water partition coefficient (Wildman–Crippen LogP) is 4.58. The van der Waals surface area contributed by atoms with Crippen molar-refractivity contribution in [1.29, 1.82) is 0 Å². The Bertz CT molecular complexity index is 794. The molecule has 2 rings (SSSR count). The fourth-order valence-corrected chi connectivity index (χ4v) is 2.94. The standard InChI is InChI=1S/C23H30N2O3/c1-5-13-25(14-6-2)23(27)19-9-11-20(12-10-19)24-22(26)16-28-21-15-17(3)7-8-18(21)4/h7-12,15H,5-6,13-14,16H2,1-4H3,(H,24,26). The molecule has 0 spiro atoms. The van der Waals surface area contributed by atoms with Crippen LogP contribution in [0.25, 0.3) is 0 Å². The molecule has 0 unspecified atom stereocenters. The number of hydrogen-bond acceptors (Lipinski definition) is 3. The van der Waals surface area contributed by atoms with Gasteiger partial charge in [0.05, 0.1) is 0 Å². The van der Waals surface area contributed by atoms with Crippen LogP contribution in [0.1, 0.15) is 48.2 Å². The number of anilines is 1. The van der Waals surface area contributed by atoms with Crippen molar-refractivity contribution in [2.45, 2.75) is 40.5 Å². The van der Waals surface area contributed by atoms with Crippen molar-refractivity contribution >= 4 is 17.5 Å². The van der Waals surface area contributed by atoms with Crippen molar-refractivity contribution in [1.82, 2.24) is 4.90 Å². The summed E-state index contributed by atoms with van der Waals surface area (Å²) in [6.07, 6.45) is 1.86. The van der Waals surface area contributed by atoms with Crippen LogP contribution in [0.5, 0.6) is 5.75 Å². The minimum Gasteiger partial charge on any atom is -0.483 e. The van der Waals surface area contributed by atoms with Crippen LogP contribution < -0.4 is 10.1 Å². The Labute approximate surface area is 167 Å². The third-order valence-corrected chi connectivity index (χ3v) is 4.39. The van der Waals surface area contributed by atoms with E-state index in [1.54, 1.807) is 24.3 Å². The summed E-state index contributed by atoms with van der Waals surface area (Å²) in [6, 6.07) is 12.9. The normalized spacial score (nSPS) is 10.4. The molecule has 0 aliphatic carbocycles. The highest BCUT2D eigenvalue weighted by atomic mass is 16.5. The SMILES string of the molecule is CCCN(CCC)C(=O)c1ccc(NC(=O)COc2cc(C)ccc2C)cc1. The van der Waals surface area contributed by atoms with E-state index in [4.69, 9.17) is 4.74 Å². The van der Waals surface area contributed by atoms with Gasteiger partial charge in [0.15, 0.2) is 6.61 Å². The number of nitrogens with zero attached hydrogens (tertiary/aromatic N) is 1. The third-order valence-electron chi connectivity index (χ3n) is 4.39. The van der Waals surface area contributed by atoms with Crippen LogP contribution in [0.4, 0.5) is 5.69 Å². The van der Waals surface area contributed by atoms with Gasteiger partial charge in [0.2, 0.25) is 0 Å². The lowest BCUT2D eigenvalue weighted by Gasteiger charge is -2.21. The molecule has 0 atom stereocenters. The molecule has 0 aliphatic rings. The average molecular weight is 383 g/mol. The molecular weight excluding hydrogens is 352 g/mol. The second-order valence-corrected chi connectivity index (χ2v) is 6.98. The predicted molar refractivity (Wildman–Crippen MR) is 113 cm³/mol. The van der Waals surface area contributed by atoms with Crippen LogP contribution in [-0.4, -0.2) is 36.4 Å². The molecule has 0 fully saturated rings. The Hall–Kier alpha value is -2.82. The first-order valence-electron chi connectivity index (χ1n) is 9.83. The van der Waals surface area contributed by atoms with Gasteiger partial charge in [-0.25, -0.2) is 0 Å². The summed E-state index contributed by atoms with van der Waals surface area (Å²) in [5.74, 6) is 0.501. The Morgan fingerprint density at radius 1 is 0.964 bits per heavy atom. The minimum absolute atomic E-state index is 0.0276. The van der Waals surface area contributed by atoms with Gasteiger partial charge in [-0.15, -0.1) is 0 Å². The summed E-state index contributed by atoms with van der Waals surface area (Å²) >= 11 is 0. The summed E-state index contributed by atoms with van der Waals surface area (Å²) in [7, 11) is 0. The number of benzene rings is 2. The highest BCUT2D eigenvalue weighted by Gasteiger charge is 2.14.